The van der Waals surface area contributed by atoms with Gasteiger partial charge in [0.1, 0.15) is 0 Å². The number of hydrogen-bond donors (Lipinski definition) is 3. The Labute approximate surface area is 126 Å². The van der Waals surface area contributed by atoms with Gasteiger partial charge >= 0.3 is 6.01 Å². The van der Waals surface area contributed by atoms with Crippen molar-refractivity contribution in [1.29, 1.82) is 0 Å². The zero-order valence-corrected chi connectivity index (χ0v) is 13.2. The molecule has 1 aromatic heterocycles. The molecule has 0 fully saturated rings. The number of aliphatic hydroxyl groups is 1. The minimum absolute atomic E-state index is 0.228. The van der Waals surface area contributed by atoms with Gasteiger partial charge in [-0.25, -0.2) is 0 Å². The van der Waals surface area contributed by atoms with Crippen molar-refractivity contribution >= 4 is 11.9 Å². The van der Waals surface area contributed by atoms with Crippen LogP contribution in [0.4, 0.5) is 11.9 Å². The van der Waals surface area contributed by atoms with Crippen molar-refractivity contribution in [3.05, 3.63) is 0 Å². The van der Waals surface area contributed by atoms with Crippen LogP contribution in [0, 0.1) is 5.92 Å². The number of hydrogen-bond acceptors (Lipinski definition) is 7. The molecule has 1 unspecified atom stereocenters. The maximum atomic E-state index is 8.99. The third-order valence-electron chi connectivity index (χ3n) is 2.89. The maximum Gasteiger partial charge on any atom is 0.323 e. The van der Waals surface area contributed by atoms with Crippen molar-refractivity contribution in [2.24, 2.45) is 5.92 Å². The summed E-state index contributed by atoms with van der Waals surface area (Å²) in [7, 11) is 0. The van der Waals surface area contributed by atoms with Gasteiger partial charge in [0.05, 0.1) is 6.61 Å². The Morgan fingerprint density at radius 1 is 1.10 bits per heavy atom. The molecule has 7 heteroatoms. The highest BCUT2D eigenvalue weighted by Crippen LogP contribution is 2.12. The number of nitrogens with zero attached hydrogens (tertiary/aromatic N) is 3. The van der Waals surface area contributed by atoms with E-state index in [-0.39, 0.29) is 6.61 Å². The lowest BCUT2D eigenvalue weighted by molar-refractivity contribution is 0.229. The standard InChI is InChI=1S/C14H27N5O2/c1-4-8-15-12-17-13(19-14(18-12)21-5-2)16-9-6-7-11(3)10-20/h11,20H,4-10H2,1-3H3,(H2,15,16,17,18,19). The van der Waals surface area contributed by atoms with E-state index < -0.39 is 0 Å². The van der Waals surface area contributed by atoms with E-state index in [1.165, 1.54) is 0 Å². The van der Waals surface area contributed by atoms with Crippen LogP contribution in [-0.4, -0.2) is 46.4 Å². The predicted molar refractivity (Wildman–Crippen MR) is 83.8 cm³/mol. The number of anilines is 2. The number of aliphatic hydroxyl groups excluding tert-OH is 1. The van der Waals surface area contributed by atoms with Crippen LogP contribution in [0.5, 0.6) is 6.01 Å². The van der Waals surface area contributed by atoms with Crippen LogP contribution in [-0.2, 0) is 0 Å². The first-order chi connectivity index (χ1) is 10.2. The fraction of sp³-hybridized carbons (Fsp3) is 0.786. The Morgan fingerprint density at radius 2 is 1.76 bits per heavy atom. The van der Waals surface area contributed by atoms with Crippen LogP contribution >= 0.6 is 0 Å². The molecule has 0 aliphatic carbocycles. The second-order valence-electron chi connectivity index (χ2n) is 4.98. The van der Waals surface area contributed by atoms with Gasteiger partial charge in [0.25, 0.3) is 0 Å². The zero-order valence-electron chi connectivity index (χ0n) is 13.2. The quantitative estimate of drug-likeness (QED) is 0.537. The van der Waals surface area contributed by atoms with Crippen LogP contribution in [0.2, 0.25) is 0 Å². The number of nitrogens with one attached hydrogen (secondary N) is 2. The van der Waals surface area contributed by atoms with E-state index in [2.05, 4.69) is 32.5 Å². The Kier molecular flexibility index (Phi) is 8.42. The highest BCUT2D eigenvalue weighted by atomic mass is 16.5. The van der Waals surface area contributed by atoms with E-state index in [0.717, 1.165) is 32.4 Å². The average molecular weight is 297 g/mol. The molecular weight excluding hydrogens is 270 g/mol. The normalized spacial score (nSPS) is 12.0. The molecule has 1 rings (SSSR count). The van der Waals surface area contributed by atoms with Crippen molar-refractivity contribution in [3.8, 4) is 6.01 Å². The monoisotopic (exact) mass is 297 g/mol. The summed E-state index contributed by atoms with van der Waals surface area (Å²) in [6, 6.07) is 0.331. The van der Waals surface area contributed by atoms with Crippen LogP contribution in [0.1, 0.15) is 40.0 Å². The van der Waals surface area contributed by atoms with Gasteiger partial charge < -0.3 is 20.5 Å². The molecule has 0 bridgehead atoms. The number of rotatable bonds is 11. The van der Waals surface area contributed by atoms with Crippen molar-refractivity contribution in [1.82, 2.24) is 15.0 Å². The molecule has 3 N–H and O–H groups in total. The molecule has 120 valence electrons. The van der Waals surface area contributed by atoms with E-state index in [1.807, 2.05) is 13.8 Å². The van der Waals surface area contributed by atoms with Gasteiger partial charge in [-0.1, -0.05) is 13.8 Å². The molecule has 1 atom stereocenters. The van der Waals surface area contributed by atoms with E-state index in [1.54, 1.807) is 0 Å². The third-order valence-corrected chi connectivity index (χ3v) is 2.89. The lowest BCUT2D eigenvalue weighted by Gasteiger charge is -2.11. The van der Waals surface area contributed by atoms with E-state index in [0.29, 0.717) is 30.4 Å². The summed E-state index contributed by atoms with van der Waals surface area (Å²) >= 11 is 0. The first-order valence-electron chi connectivity index (χ1n) is 7.67. The van der Waals surface area contributed by atoms with Gasteiger partial charge in [-0.3, -0.25) is 0 Å². The first kappa shape index (κ1) is 17.4. The van der Waals surface area contributed by atoms with Crippen LogP contribution in [0.3, 0.4) is 0 Å². The Balaban J connectivity index is 2.55. The van der Waals surface area contributed by atoms with E-state index in [4.69, 9.17) is 9.84 Å². The number of aromatic nitrogens is 3. The molecule has 0 aliphatic rings. The fourth-order valence-electron chi connectivity index (χ4n) is 1.69. The molecule has 1 heterocycles. The summed E-state index contributed by atoms with van der Waals surface area (Å²) in [5.41, 5.74) is 0. The number of ether oxygens (including phenoxy) is 1. The Morgan fingerprint density at radius 3 is 2.33 bits per heavy atom. The Hall–Kier alpha value is -1.63. The summed E-state index contributed by atoms with van der Waals surface area (Å²) in [4.78, 5) is 12.7. The van der Waals surface area contributed by atoms with E-state index in [9.17, 15) is 0 Å². The molecule has 1 aromatic rings. The summed E-state index contributed by atoms with van der Waals surface area (Å²) in [6.07, 6.45) is 2.92. The molecule has 0 saturated carbocycles. The molecule has 21 heavy (non-hydrogen) atoms. The average Bonchev–Trinajstić information content (AvgIpc) is 2.49. The lowest BCUT2D eigenvalue weighted by Crippen LogP contribution is -2.13. The molecule has 0 aromatic carbocycles. The van der Waals surface area contributed by atoms with Gasteiger partial charge in [0.15, 0.2) is 0 Å². The van der Waals surface area contributed by atoms with Crippen molar-refractivity contribution in [3.63, 3.8) is 0 Å². The van der Waals surface area contributed by atoms with Gasteiger partial charge in [-0.05, 0) is 32.1 Å². The molecule has 0 radical (unpaired) electrons. The Bertz CT molecular complexity index is 403. The van der Waals surface area contributed by atoms with Crippen LogP contribution < -0.4 is 15.4 Å². The molecule has 0 aliphatic heterocycles. The molecule has 0 saturated heterocycles. The van der Waals surface area contributed by atoms with Crippen LogP contribution in [0.15, 0.2) is 0 Å². The van der Waals surface area contributed by atoms with Crippen molar-refractivity contribution in [2.75, 3.05) is 36.9 Å². The molecular formula is C14H27N5O2. The van der Waals surface area contributed by atoms with E-state index >= 15 is 0 Å². The summed E-state index contributed by atoms with van der Waals surface area (Å²) in [5, 5.41) is 15.3. The van der Waals surface area contributed by atoms with Gasteiger partial charge in [0, 0.05) is 19.7 Å². The maximum absolute atomic E-state index is 8.99. The minimum Gasteiger partial charge on any atom is -0.464 e. The van der Waals surface area contributed by atoms with Gasteiger partial charge in [-0.2, -0.15) is 15.0 Å². The minimum atomic E-state index is 0.228. The fourth-order valence-corrected chi connectivity index (χ4v) is 1.69. The second-order valence-corrected chi connectivity index (χ2v) is 4.98. The topological polar surface area (TPSA) is 92.2 Å². The van der Waals surface area contributed by atoms with Crippen LogP contribution in [0.25, 0.3) is 0 Å². The summed E-state index contributed by atoms with van der Waals surface area (Å²) in [5.74, 6) is 1.37. The SMILES string of the molecule is CCCNc1nc(NCCCC(C)CO)nc(OCC)n1. The van der Waals surface area contributed by atoms with Gasteiger partial charge in [0.2, 0.25) is 11.9 Å². The van der Waals surface area contributed by atoms with Crippen molar-refractivity contribution < 1.29 is 9.84 Å². The van der Waals surface area contributed by atoms with Gasteiger partial charge in [-0.15, -0.1) is 0 Å². The second kappa shape index (κ2) is 10.1. The van der Waals surface area contributed by atoms with Crippen molar-refractivity contribution in [2.45, 2.75) is 40.0 Å². The smallest absolute Gasteiger partial charge is 0.323 e. The summed E-state index contributed by atoms with van der Waals surface area (Å²) in [6.45, 7) is 8.32. The molecule has 0 amide bonds. The zero-order chi connectivity index (χ0) is 15.5. The molecule has 0 spiro atoms. The highest BCUT2D eigenvalue weighted by molar-refractivity contribution is 5.35. The summed E-state index contributed by atoms with van der Waals surface area (Å²) < 4.78 is 5.35. The highest BCUT2D eigenvalue weighted by Gasteiger charge is 2.07. The first-order valence-corrected chi connectivity index (χ1v) is 7.67. The third kappa shape index (κ3) is 7.08. The predicted octanol–water partition coefficient (Wildman–Crippen LogP) is 1.91. The largest absolute Gasteiger partial charge is 0.464 e. The lowest BCUT2D eigenvalue weighted by atomic mass is 10.1. The molecule has 7 nitrogen and oxygen atoms in total.